The summed E-state index contributed by atoms with van der Waals surface area (Å²) in [5.41, 5.74) is 3.14. The minimum absolute atomic E-state index is 0.0357. The van der Waals surface area contributed by atoms with E-state index in [1.165, 1.54) is 6.92 Å². The van der Waals surface area contributed by atoms with Crippen LogP contribution in [0.5, 0.6) is 0 Å². The summed E-state index contributed by atoms with van der Waals surface area (Å²) in [7, 11) is 0. The Bertz CT molecular complexity index is 1320. The molecule has 0 saturated carbocycles. The van der Waals surface area contributed by atoms with Crippen LogP contribution in [0.15, 0.2) is 60.9 Å². The largest absolute Gasteiger partial charge is 0.376 e. The van der Waals surface area contributed by atoms with Crippen LogP contribution in [0.1, 0.15) is 35.6 Å². The lowest BCUT2D eigenvalue weighted by Gasteiger charge is -2.28. The first kappa shape index (κ1) is 21.8. The highest BCUT2D eigenvalue weighted by Gasteiger charge is 2.38. The number of hydrogen-bond acceptors (Lipinski definition) is 4. The number of rotatable bonds is 6. The third-order valence-corrected chi connectivity index (χ3v) is 6.48. The van der Waals surface area contributed by atoms with E-state index >= 15 is 0 Å². The first-order valence-electron chi connectivity index (χ1n) is 10.9. The molecule has 0 aliphatic carbocycles. The van der Waals surface area contributed by atoms with E-state index in [0.29, 0.717) is 16.4 Å². The lowest BCUT2D eigenvalue weighted by molar-refractivity contribution is -0.0206. The van der Waals surface area contributed by atoms with Crippen molar-refractivity contribution in [3.05, 3.63) is 77.3 Å². The van der Waals surface area contributed by atoms with Crippen LogP contribution in [0.2, 0.25) is 5.02 Å². The van der Waals surface area contributed by atoms with Crippen molar-refractivity contribution < 1.29 is 14.3 Å². The summed E-state index contributed by atoms with van der Waals surface area (Å²) in [6.45, 7) is 1.85. The highest BCUT2D eigenvalue weighted by atomic mass is 35.5. The van der Waals surface area contributed by atoms with Crippen molar-refractivity contribution in [2.75, 3.05) is 6.54 Å². The van der Waals surface area contributed by atoms with Gasteiger partial charge in [0, 0.05) is 46.2 Å². The summed E-state index contributed by atoms with van der Waals surface area (Å²) in [5, 5.41) is 12.6. The average molecular weight is 467 g/mol. The van der Waals surface area contributed by atoms with Gasteiger partial charge in [-0.15, -0.1) is 0 Å². The molecule has 1 unspecified atom stereocenters. The zero-order valence-electron chi connectivity index (χ0n) is 18.1. The Hall–Kier alpha value is -3.00. The number of para-hydroxylation sites is 1. The zero-order valence-corrected chi connectivity index (χ0v) is 18.8. The van der Waals surface area contributed by atoms with Gasteiger partial charge in [-0.3, -0.25) is 9.69 Å². The van der Waals surface area contributed by atoms with Gasteiger partial charge in [0.15, 0.2) is 5.78 Å². The molecule has 33 heavy (non-hydrogen) atoms. The van der Waals surface area contributed by atoms with Crippen LogP contribution in [0.25, 0.3) is 22.2 Å². The second-order valence-corrected chi connectivity index (χ2v) is 8.92. The van der Waals surface area contributed by atoms with Crippen molar-refractivity contribution in [1.82, 2.24) is 19.4 Å². The van der Waals surface area contributed by atoms with E-state index in [4.69, 9.17) is 11.6 Å². The van der Waals surface area contributed by atoms with Crippen molar-refractivity contribution in [3.8, 4) is 11.3 Å². The van der Waals surface area contributed by atoms with Crippen molar-refractivity contribution in [3.63, 3.8) is 0 Å². The number of Topliss-reactive ketones (excluding diaryl/α,β-unsaturated/α-hetero) is 1. The number of aliphatic hydroxyl groups excluding tert-OH is 1. The van der Waals surface area contributed by atoms with E-state index in [1.54, 1.807) is 23.4 Å². The van der Waals surface area contributed by atoms with E-state index < -0.39 is 18.4 Å². The van der Waals surface area contributed by atoms with Gasteiger partial charge in [0.05, 0.1) is 24.5 Å². The van der Waals surface area contributed by atoms with Gasteiger partial charge < -0.3 is 14.7 Å². The summed E-state index contributed by atoms with van der Waals surface area (Å²) in [5.74, 6) is 0.567. The second kappa shape index (κ2) is 8.74. The maximum absolute atomic E-state index is 14.5. The molecule has 0 bridgehead atoms. The standard InChI is InChI=1S/C25H24ClFN4O2/c1-15(32)20-13-30(22-8-3-2-7-19(20)22)14-24(33)31-12-18(27)10-23(31)25-28-11-21(29-25)16-5-4-6-17(26)9-16/h2-9,11,13,18,23-24,33H,10,12,14H2,1H3,(H,28,29)/t18-,23+,24?/m1/s1. The Balaban J connectivity index is 1.41. The fraction of sp³-hybridized carbons (Fsp3) is 0.280. The Kier molecular flexibility index (Phi) is 5.78. The van der Waals surface area contributed by atoms with Gasteiger partial charge in [0.2, 0.25) is 0 Å². The van der Waals surface area contributed by atoms with E-state index in [-0.39, 0.29) is 25.3 Å². The molecule has 0 amide bonds. The fourth-order valence-corrected chi connectivity index (χ4v) is 4.86. The van der Waals surface area contributed by atoms with Crippen molar-refractivity contribution in [1.29, 1.82) is 0 Å². The lowest BCUT2D eigenvalue weighted by Crippen LogP contribution is -2.38. The quantitative estimate of drug-likeness (QED) is 0.392. The Morgan fingerprint density at radius 2 is 2.12 bits per heavy atom. The molecule has 0 radical (unpaired) electrons. The summed E-state index contributed by atoms with van der Waals surface area (Å²) < 4.78 is 16.4. The summed E-state index contributed by atoms with van der Waals surface area (Å²) >= 11 is 6.10. The van der Waals surface area contributed by atoms with Crippen molar-refractivity contribution in [2.45, 2.75) is 38.3 Å². The molecule has 4 aromatic rings. The van der Waals surface area contributed by atoms with Crippen LogP contribution in [0.4, 0.5) is 4.39 Å². The number of nitrogens with zero attached hydrogens (tertiary/aromatic N) is 3. The lowest BCUT2D eigenvalue weighted by atomic mass is 10.1. The third-order valence-electron chi connectivity index (χ3n) is 6.25. The number of ketones is 1. The maximum Gasteiger partial charge on any atom is 0.161 e. The molecule has 1 aliphatic rings. The number of imidazole rings is 1. The number of alkyl halides is 1. The molecule has 1 aliphatic heterocycles. The number of carbonyl (C=O) groups is 1. The first-order valence-corrected chi connectivity index (χ1v) is 11.3. The Morgan fingerprint density at radius 1 is 1.30 bits per heavy atom. The molecule has 2 N–H and O–H groups in total. The van der Waals surface area contributed by atoms with Crippen LogP contribution < -0.4 is 0 Å². The van der Waals surface area contributed by atoms with E-state index in [1.807, 2.05) is 47.0 Å². The molecule has 8 heteroatoms. The highest BCUT2D eigenvalue weighted by Crippen LogP contribution is 2.35. The van der Waals surface area contributed by atoms with Crippen molar-refractivity contribution in [2.24, 2.45) is 0 Å². The first-order chi connectivity index (χ1) is 15.9. The minimum atomic E-state index is -1.07. The Morgan fingerprint density at radius 3 is 2.91 bits per heavy atom. The normalized spacial score (nSPS) is 19.9. The van der Waals surface area contributed by atoms with Gasteiger partial charge >= 0.3 is 0 Å². The molecule has 6 nitrogen and oxygen atoms in total. The van der Waals surface area contributed by atoms with Crippen molar-refractivity contribution >= 4 is 28.3 Å². The fourth-order valence-electron chi connectivity index (χ4n) is 4.67. The Labute approximate surface area is 195 Å². The topological polar surface area (TPSA) is 74.2 Å². The summed E-state index contributed by atoms with van der Waals surface area (Å²) in [4.78, 5) is 21.6. The zero-order chi connectivity index (χ0) is 23.1. The van der Waals surface area contributed by atoms with E-state index in [2.05, 4.69) is 9.97 Å². The molecule has 5 rings (SSSR count). The van der Waals surface area contributed by atoms with Gasteiger partial charge in [-0.1, -0.05) is 41.9 Å². The van der Waals surface area contributed by atoms with E-state index in [9.17, 15) is 14.3 Å². The molecule has 2 aromatic carbocycles. The molecule has 2 aromatic heterocycles. The molecule has 170 valence electrons. The number of aromatic amines is 1. The van der Waals surface area contributed by atoms with Crippen LogP contribution in [0.3, 0.4) is 0 Å². The van der Waals surface area contributed by atoms with Crippen LogP contribution in [0, 0.1) is 0 Å². The number of carbonyl (C=O) groups excluding carboxylic acids is 1. The predicted molar refractivity (Wildman–Crippen MR) is 126 cm³/mol. The van der Waals surface area contributed by atoms with Crippen LogP contribution >= 0.6 is 11.6 Å². The second-order valence-electron chi connectivity index (χ2n) is 8.49. The summed E-state index contributed by atoms with van der Waals surface area (Å²) in [6, 6.07) is 14.6. The molecular formula is C25H24ClFN4O2. The molecule has 3 atom stereocenters. The summed E-state index contributed by atoms with van der Waals surface area (Å²) in [6.07, 6.45) is 1.68. The number of fused-ring (bicyclic) bond motifs is 1. The maximum atomic E-state index is 14.5. The number of H-pyrrole nitrogens is 1. The van der Waals surface area contributed by atoms with Crippen LogP contribution in [-0.2, 0) is 6.54 Å². The number of likely N-dealkylation sites (tertiary alicyclic amines) is 1. The van der Waals surface area contributed by atoms with Crippen LogP contribution in [-0.4, -0.2) is 49.3 Å². The molecule has 0 spiro atoms. The van der Waals surface area contributed by atoms with Gasteiger partial charge in [0.1, 0.15) is 18.2 Å². The SMILES string of the molecule is CC(=O)c1cn(CC(O)N2C[C@H](F)C[C@H]2c2ncc(-c3cccc(Cl)c3)[nH]2)c2ccccc12. The van der Waals surface area contributed by atoms with Gasteiger partial charge in [0.25, 0.3) is 0 Å². The highest BCUT2D eigenvalue weighted by molar-refractivity contribution is 6.30. The molecule has 3 heterocycles. The molecule has 1 fully saturated rings. The number of aromatic nitrogens is 3. The molecule has 1 saturated heterocycles. The number of aliphatic hydroxyl groups is 1. The van der Waals surface area contributed by atoms with E-state index in [0.717, 1.165) is 22.2 Å². The molecular weight excluding hydrogens is 443 g/mol. The van der Waals surface area contributed by atoms with Gasteiger partial charge in [-0.05, 0) is 25.1 Å². The number of hydrogen-bond donors (Lipinski definition) is 2. The smallest absolute Gasteiger partial charge is 0.161 e. The van der Waals surface area contributed by atoms with Gasteiger partial charge in [-0.2, -0.15) is 0 Å². The monoisotopic (exact) mass is 466 g/mol. The third kappa shape index (κ3) is 4.19. The van der Waals surface area contributed by atoms with Gasteiger partial charge in [-0.25, -0.2) is 9.37 Å². The number of benzene rings is 2. The average Bonchev–Trinajstić information content (AvgIpc) is 3.51. The number of halogens is 2. The minimum Gasteiger partial charge on any atom is -0.376 e. The number of nitrogens with one attached hydrogen (secondary N) is 1. The predicted octanol–water partition coefficient (Wildman–Crippen LogP) is 4.99.